The van der Waals surface area contributed by atoms with Crippen LogP contribution >= 0.6 is 0 Å². The Balaban J connectivity index is 1.89. The Morgan fingerprint density at radius 2 is 1.70 bits per heavy atom. The lowest BCUT2D eigenvalue weighted by molar-refractivity contribution is 0.669. The lowest BCUT2D eigenvalue weighted by atomic mass is 10.1. The van der Waals surface area contributed by atoms with E-state index in [9.17, 15) is 0 Å². The minimum Gasteiger partial charge on any atom is -0.456 e. The van der Waals surface area contributed by atoms with Gasteiger partial charge in [-0.05, 0) is 48.0 Å². The Kier molecular flexibility index (Phi) is 3.31. The van der Waals surface area contributed by atoms with E-state index in [1.54, 1.807) is 0 Å². The van der Waals surface area contributed by atoms with E-state index in [2.05, 4.69) is 50.5 Å². The molecule has 0 amide bonds. The average molecular weight is 316 g/mol. The van der Waals surface area contributed by atoms with Crippen molar-refractivity contribution in [2.75, 3.05) is 0 Å². The molecule has 0 atom stereocenters. The third-order valence-corrected chi connectivity index (χ3v) is 5.92. The smallest absolute Gasteiger partial charge is 0.135 e. The molecule has 0 aliphatic carbocycles. The van der Waals surface area contributed by atoms with Crippen molar-refractivity contribution < 1.29 is 4.42 Å². The number of furan rings is 1. The molecule has 1 radical (unpaired) electrons. The third kappa shape index (κ3) is 2.37. The van der Waals surface area contributed by atoms with Crippen LogP contribution in [0.2, 0.25) is 13.1 Å². The van der Waals surface area contributed by atoms with Crippen LogP contribution in [0.25, 0.3) is 33.2 Å². The van der Waals surface area contributed by atoms with E-state index in [1.165, 1.54) is 10.8 Å². The van der Waals surface area contributed by atoms with Crippen molar-refractivity contribution >= 4 is 35.9 Å². The van der Waals surface area contributed by atoms with Crippen LogP contribution in [0.4, 0.5) is 0 Å². The molecule has 0 aliphatic heterocycles. The number of aromatic nitrogens is 1. The Morgan fingerprint density at radius 1 is 0.913 bits per heavy atom. The monoisotopic (exact) mass is 316 g/mol. The number of aryl methyl sites for hydroxylation is 1. The van der Waals surface area contributed by atoms with E-state index in [0.717, 1.165) is 33.2 Å². The van der Waals surface area contributed by atoms with Crippen LogP contribution in [0.15, 0.2) is 59.1 Å². The second kappa shape index (κ2) is 5.35. The molecule has 2 nitrogen and oxygen atoms in total. The first-order valence-electron chi connectivity index (χ1n) is 7.82. The number of pyridine rings is 1. The van der Waals surface area contributed by atoms with Crippen molar-refractivity contribution in [3.8, 4) is 11.3 Å². The molecule has 0 saturated heterocycles. The predicted octanol–water partition coefficient (Wildman–Crippen LogP) is 4.92. The fourth-order valence-corrected chi connectivity index (χ4v) is 4.31. The zero-order valence-corrected chi connectivity index (χ0v) is 14.6. The quantitative estimate of drug-likeness (QED) is 0.491. The van der Waals surface area contributed by atoms with Gasteiger partial charge in [-0.15, -0.1) is 0 Å². The normalized spacial score (nSPS) is 11.7. The highest BCUT2D eigenvalue weighted by molar-refractivity contribution is 6.71. The summed E-state index contributed by atoms with van der Waals surface area (Å²) in [7, 11) is -0.472. The van der Waals surface area contributed by atoms with Crippen LogP contribution in [0.1, 0.15) is 5.56 Å². The molecule has 0 bridgehead atoms. The zero-order chi connectivity index (χ0) is 16.0. The molecular weight excluding hydrogens is 298 g/mol. The Bertz CT molecular complexity index is 1020. The van der Waals surface area contributed by atoms with Crippen LogP contribution < -0.4 is 5.19 Å². The molecule has 2 aromatic carbocycles. The first-order valence-corrected chi connectivity index (χ1v) is 10.3. The van der Waals surface area contributed by atoms with Gasteiger partial charge in [-0.3, -0.25) is 4.98 Å². The summed E-state index contributed by atoms with van der Waals surface area (Å²) < 4.78 is 5.90. The third-order valence-electron chi connectivity index (χ3n) is 4.32. The van der Waals surface area contributed by atoms with E-state index < -0.39 is 8.80 Å². The summed E-state index contributed by atoms with van der Waals surface area (Å²) in [6.07, 6.45) is 2.05. The SMILES string of the molecule is Cc1cc(-c2ccc3oc4ccccc4c3c2)ncc1[Si](C)C. The number of hydrogen-bond donors (Lipinski definition) is 0. The Hall–Kier alpha value is -2.39. The van der Waals surface area contributed by atoms with Gasteiger partial charge in [0.05, 0.1) is 14.5 Å². The van der Waals surface area contributed by atoms with Crippen LogP contribution in [0, 0.1) is 6.92 Å². The highest BCUT2D eigenvalue weighted by Gasteiger charge is 2.11. The maximum absolute atomic E-state index is 5.90. The van der Waals surface area contributed by atoms with Gasteiger partial charge in [-0.25, -0.2) is 0 Å². The molecule has 4 aromatic rings. The van der Waals surface area contributed by atoms with E-state index in [4.69, 9.17) is 9.40 Å². The van der Waals surface area contributed by atoms with Crippen LogP contribution in [0.3, 0.4) is 0 Å². The second-order valence-corrected chi connectivity index (χ2v) is 8.73. The zero-order valence-electron chi connectivity index (χ0n) is 13.6. The first-order chi connectivity index (χ1) is 11.1. The van der Waals surface area contributed by atoms with Crippen LogP contribution in [0.5, 0.6) is 0 Å². The van der Waals surface area contributed by atoms with E-state index >= 15 is 0 Å². The van der Waals surface area contributed by atoms with E-state index in [0.29, 0.717) is 0 Å². The molecular formula is C20H18NOSi. The van der Waals surface area contributed by atoms with Crippen LogP contribution in [-0.4, -0.2) is 13.8 Å². The van der Waals surface area contributed by atoms with E-state index in [1.807, 2.05) is 24.3 Å². The Morgan fingerprint density at radius 3 is 2.48 bits per heavy atom. The number of para-hydroxylation sites is 1. The number of rotatable bonds is 2. The maximum atomic E-state index is 5.90. The summed E-state index contributed by atoms with van der Waals surface area (Å²) in [5, 5.41) is 3.72. The summed E-state index contributed by atoms with van der Waals surface area (Å²) in [4.78, 5) is 4.70. The molecule has 0 unspecified atom stereocenters. The second-order valence-electron chi connectivity index (χ2n) is 6.19. The number of benzene rings is 2. The van der Waals surface area contributed by atoms with Crippen molar-refractivity contribution in [1.82, 2.24) is 4.98 Å². The average Bonchev–Trinajstić information content (AvgIpc) is 2.92. The van der Waals surface area contributed by atoms with E-state index in [-0.39, 0.29) is 0 Å². The molecule has 4 rings (SSSR count). The number of nitrogens with zero attached hydrogens (tertiary/aromatic N) is 1. The molecule has 0 N–H and O–H groups in total. The van der Waals surface area contributed by atoms with Gasteiger partial charge >= 0.3 is 0 Å². The van der Waals surface area contributed by atoms with Gasteiger partial charge in [0, 0.05) is 22.5 Å². The lowest BCUT2D eigenvalue weighted by Crippen LogP contribution is -2.26. The molecule has 23 heavy (non-hydrogen) atoms. The van der Waals surface area contributed by atoms with Crippen molar-refractivity contribution in [3.63, 3.8) is 0 Å². The van der Waals surface area contributed by atoms with Gasteiger partial charge in [0.1, 0.15) is 11.2 Å². The Labute approximate surface area is 137 Å². The lowest BCUT2D eigenvalue weighted by Gasteiger charge is -2.09. The van der Waals surface area contributed by atoms with Gasteiger partial charge in [0.15, 0.2) is 0 Å². The van der Waals surface area contributed by atoms with Crippen molar-refractivity contribution in [1.29, 1.82) is 0 Å². The molecule has 0 spiro atoms. The van der Waals surface area contributed by atoms with Crippen molar-refractivity contribution in [2.24, 2.45) is 0 Å². The predicted molar refractivity (Wildman–Crippen MR) is 98.8 cm³/mol. The summed E-state index contributed by atoms with van der Waals surface area (Å²) in [5.74, 6) is 0. The minimum atomic E-state index is -0.472. The molecule has 0 saturated carbocycles. The minimum absolute atomic E-state index is 0.472. The largest absolute Gasteiger partial charge is 0.456 e. The van der Waals surface area contributed by atoms with Gasteiger partial charge in [0.25, 0.3) is 0 Å². The molecule has 0 fully saturated rings. The molecule has 3 heteroatoms. The number of hydrogen-bond acceptors (Lipinski definition) is 2. The summed E-state index contributed by atoms with van der Waals surface area (Å²) in [6, 6.07) is 16.7. The summed E-state index contributed by atoms with van der Waals surface area (Å²) in [5.41, 5.74) is 5.37. The van der Waals surface area contributed by atoms with Crippen molar-refractivity contribution in [3.05, 3.63) is 60.3 Å². The van der Waals surface area contributed by atoms with Crippen molar-refractivity contribution in [2.45, 2.75) is 20.0 Å². The van der Waals surface area contributed by atoms with Gasteiger partial charge in [-0.1, -0.05) is 31.3 Å². The summed E-state index contributed by atoms with van der Waals surface area (Å²) >= 11 is 0. The summed E-state index contributed by atoms with van der Waals surface area (Å²) in [6.45, 7) is 6.79. The maximum Gasteiger partial charge on any atom is 0.135 e. The molecule has 113 valence electrons. The van der Waals surface area contributed by atoms with Gasteiger partial charge in [-0.2, -0.15) is 0 Å². The fourth-order valence-electron chi connectivity index (χ4n) is 3.12. The van der Waals surface area contributed by atoms with Gasteiger partial charge in [0.2, 0.25) is 0 Å². The molecule has 0 aliphatic rings. The van der Waals surface area contributed by atoms with Gasteiger partial charge < -0.3 is 4.42 Å². The topological polar surface area (TPSA) is 26.0 Å². The fraction of sp³-hybridized carbons (Fsp3) is 0.150. The van der Waals surface area contributed by atoms with Crippen LogP contribution in [-0.2, 0) is 0 Å². The highest BCUT2D eigenvalue weighted by atomic mass is 28.3. The molecule has 2 heterocycles. The first kappa shape index (κ1) is 14.2. The molecule has 2 aromatic heterocycles. The highest BCUT2D eigenvalue weighted by Crippen LogP contribution is 2.31. The standard InChI is InChI=1S/C20H18NOSi/c1-13-10-17(21-12-20(13)23(2)3)14-8-9-19-16(11-14)15-6-4-5-7-18(15)22-19/h4-12H,1-3H3. The number of fused-ring (bicyclic) bond motifs is 3.